The van der Waals surface area contributed by atoms with Crippen LogP contribution in [-0.2, 0) is 0 Å². The minimum Gasteiger partial charge on any atom is -0.331 e. The molecule has 0 heterocycles. The molecule has 26 heavy (non-hydrogen) atoms. The van der Waals surface area contributed by atoms with E-state index < -0.39 is 0 Å². The number of rotatable bonds is 19. The Morgan fingerprint density at radius 1 is 0.385 bits per heavy atom. The van der Waals surface area contributed by atoms with E-state index in [1.165, 1.54) is 121 Å². The van der Waals surface area contributed by atoms with Crippen molar-refractivity contribution in [2.45, 2.75) is 104 Å². The normalized spacial score (nSPS) is 12.7. The van der Waals surface area contributed by atoms with Gasteiger partial charge in [-0.1, -0.05) is 59.3 Å². The summed E-state index contributed by atoms with van der Waals surface area (Å²) in [7, 11) is 6.90. The van der Waals surface area contributed by atoms with Crippen molar-refractivity contribution in [1.29, 1.82) is 0 Å². The molecule has 0 aliphatic carbocycles. The predicted octanol–water partition coefficient (Wildman–Crippen LogP) is 6.64. The third kappa shape index (κ3) is 15.0. The Morgan fingerprint density at radius 3 is 1.00 bits per heavy atom. The van der Waals surface area contributed by atoms with E-state index in [0.29, 0.717) is 0 Å². The number of quaternary nitrogens is 2. The van der Waals surface area contributed by atoms with Gasteiger partial charge in [0.2, 0.25) is 0 Å². The summed E-state index contributed by atoms with van der Waals surface area (Å²) in [6.07, 6.45) is 18.5. The Morgan fingerprint density at radius 2 is 0.692 bits per heavy atom. The second-order valence-corrected chi connectivity index (χ2v) is 9.79. The quantitative estimate of drug-likeness (QED) is 0.176. The molecule has 0 unspecified atom stereocenters. The summed E-state index contributed by atoms with van der Waals surface area (Å²) in [4.78, 5) is 0. The zero-order valence-electron chi connectivity index (χ0n) is 19.6. The van der Waals surface area contributed by atoms with E-state index in [2.05, 4.69) is 41.9 Å². The first kappa shape index (κ1) is 25.9. The highest BCUT2D eigenvalue weighted by atomic mass is 15.3. The smallest absolute Gasteiger partial charge is 0.0786 e. The van der Waals surface area contributed by atoms with Crippen LogP contribution in [0.2, 0.25) is 0 Å². The van der Waals surface area contributed by atoms with Gasteiger partial charge in [0.15, 0.2) is 0 Å². The van der Waals surface area contributed by atoms with E-state index in [0.717, 1.165) is 4.48 Å². The Hall–Kier alpha value is -0.0800. The summed E-state index contributed by atoms with van der Waals surface area (Å²) in [5, 5.41) is 0. The lowest BCUT2D eigenvalue weighted by atomic mass is 10.1. The Bertz CT molecular complexity index is 276. The van der Waals surface area contributed by atoms with E-state index in [-0.39, 0.29) is 0 Å². The van der Waals surface area contributed by atoms with Gasteiger partial charge >= 0.3 is 0 Å². The van der Waals surface area contributed by atoms with E-state index >= 15 is 0 Å². The first-order valence-electron chi connectivity index (χ1n) is 12.0. The van der Waals surface area contributed by atoms with Gasteiger partial charge in [0.05, 0.1) is 53.9 Å². The van der Waals surface area contributed by atoms with Gasteiger partial charge in [-0.3, -0.25) is 0 Å². The van der Waals surface area contributed by atoms with E-state index in [4.69, 9.17) is 0 Å². The van der Waals surface area contributed by atoms with Crippen molar-refractivity contribution in [3.05, 3.63) is 0 Å². The molecule has 0 saturated heterocycles. The second kappa shape index (κ2) is 15.9. The summed E-state index contributed by atoms with van der Waals surface area (Å²) in [6, 6.07) is 0. The second-order valence-electron chi connectivity index (χ2n) is 9.79. The number of unbranched alkanes of at least 4 members (excludes halogenated alkanes) is 9. The van der Waals surface area contributed by atoms with Crippen molar-refractivity contribution >= 4 is 0 Å². The van der Waals surface area contributed by atoms with E-state index in [1.807, 2.05) is 0 Å². The molecule has 0 spiro atoms. The minimum atomic E-state index is 1.12. The molecule has 0 aromatic carbocycles. The van der Waals surface area contributed by atoms with Crippen molar-refractivity contribution in [3.8, 4) is 0 Å². The highest BCUT2D eigenvalue weighted by Crippen LogP contribution is 2.16. The molecule has 0 aliphatic heterocycles. The van der Waals surface area contributed by atoms with E-state index in [9.17, 15) is 0 Å². The lowest BCUT2D eigenvalue weighted by molar-refractivity contribution is -0.928. The molecule has 0 radical (unpaired) electrons. The molecular weight excluding hydrogens is 316 g/mol. The molecule has 158 valence electrons. The molecule has 0 aromatic rings. The Kier molecular flexibility index (Phi) is 15.9. The fourth-order valence-corrected chi connectivity index (χ4v) is 4.54. The molecule has 0 amide bonds. The zero-order valence-corrected chi connectivity index (χ0v) is 19.6. The molecule has 2 heteroatoms. The van der Waals surface area contributed by atoms with Crippen molar-refractivity contribution in [2.75, 3.05) is 53.9 Å². The average molecular weight is 371 g/mol. The van der Waals surface area contributed by atoms with Crippen LogP contribution in [0, 0.1) is 0 Å². The molecule has 2 nitrogen and oxygen atoms in total. The van der Waals surface area contributed by atoms with Crippen molar-refractivity contribution in [2.24, 2.45) is 0 Å². The fourth-order valence-electron chi connectivity index (χ4n) is 4.54. The van der Waals surface area contributed by atoms with Crippen molar-refractivity contribution < 1.29 is 8.97 Å². The Labute approximate surface area is 167 Å². The van der Waals surface area contributed by atoms with Crippen LogP contribution < -0.4 is 0 Å². The van der Waals surface area contributed by atoms with Gasteiger partial charge in [0.25, 0.3) is 0 Å². The van der Waals surface area contributed by atoms with Crippen LogP contribution in [0.4, 0.5) is 0 Å². The van der Waals surface area contributed by atoms with Crippen LogP contribution in [0.5, 0.6) is 0 Å². The zero-order chi connectivity index (χ0) is 19.7. The molecule has 0 fully saturated rings. The summed E-state index contributed by atoms with van der Waals surface area (Å²) in [6.45, 7) is 14.0. The van der Waals surface area contributed by atoms with Crippen LogP contribution in [-0.4, -0.2) is 62.8 Å². The fraction of sp³-hybridized carbons (Fsp3) is 1.00. The van der Waals surface area contributed by atoms with E-state index in [1.54, 1.807) is 0 Å². The molecule has 0 rings (SSSR count). The van der Waals surface area contributed by atoms with Gasteiger partial charge in [-0.25, -0.2) is 0 Å². The average Bonchev–Trinajstić information content (AvgIpc) is 2.55. The molecule has 0 atom stereocenters. The third-order valence-electron chi connectivity index (χ3n) is 5.81. The monoisotopic (exact) mass is 370 g/mol. The van der Waals surface area contributed by atoms with Gasteiger partial charge in [-0.05, 0) is 44.9 Å². The first-order chi connectivity index (χ1) is 12.4. The summed E-state index contributed by atoms with van der Waals surface area (Å²) < 4.78 is 2.52. The SMILES string of the molecule is CCC[N+](CCC)(CCC)CCCCCCCCCCCC[N+](C)(C)C. The highest BCUT2D eigenvalue weighted by molar-refractivity contribution is 4.50. The highest BCUT2D eigenvalue weighted by Gasteiger charge is 2.23. The van der Waals surface area contributed by atoms with Crippen LogP contribution in [0.3, 0.4) is 0 Å². The maximum absolute atomic E-state index is 2.36. The first-order valence-corrected chi connectivity index (χ1v) is 12.0. The van der Waals surface area contributed by atoms with Crippen LogP contribution in [0.15, 0.2) is 0 Å². The van der Waals surface area contributed by atoms with Gasteiger partial charge < -0.3 is 8.97 Å². The lowest BCUT2D eigenvalue weighted by Gasteiger charge is -2.38. The largest absolute Gasteiger partial charge is 0.331 e. The number of hydrogen-bond acceptors (Lipinski definition) is 0. The molecule has 0 N–H and O–H groups in total. The topological polar surface area (TPSA) is 0 Å². The van der Waals surface area contributed by atoms with Crippen LogP contribution in [0.1, 0.15) is 104 Å². The molecule has 0 saturated carbocycles. The number of nitrogens with zero attached hydrogens (tertiary/aromatic N) is 2. The summed E-state index contributed by atoms with van der Waals surface area (Å²) >= 11 is 0. The molecule has 0 aliphatic rings. The Balaban J connectivity index is 3.61. The van der Waals surface area contributed by atoms with Gasteiger partial charge in [-0.15, -0.1) is 0 Å². The van der Waals surface area contributed by atoms with Crippen molar-refractivity contribution in [3.63, 3.8) is 0 Å². The predicted molar refractivity (Wildman–Crippen MR) is 120 cm³/mol. The van der Waals surface area contributed by atoms with Crippen LogP contribution >= 0.6 is 0 Å². The van der Waals surface area contributed by atoms with Crippen LogP contribution in [0.25, 0.3) is 0 Å². The number of hydrogen-bond donors (Lipinski definition) is 0. The lowest BCUT2D eigenvalue weighted by Crippen LogP contribution is -2.50. The molecular formula is C24H54N2+2. The summed E-state index contributed by atoms with van der Waals surface area (Å²) in [5.41, 5.74) is 0. The third-order valence-corrected chi connectivity index (χ3v) is 5.81. The van der Waals surface area contributed by atoms with Gasteiger partial charge in [0, 0.05) is 0 Å². The maximum Gasteiger partial charge on any atom is 0.0786 e. The van der Waals surface area contributed by atoms with Gasteiger partial charge in [0.1, 0.15) is 0 Å². The van der Waals surface area contributed by atoms with Crippen molar-refractivity contribution in [1.82, 2.24) is 0 Å². The minimum absolute atomic E-state index is 1.12. The summed E-state index contributed by atoms with van der Waals surface area (Å²) in [5.74, 6) is 0. The standard InChI is InChI=1S/C24H54N2/c1-7-20-26(21-8-2,22-9-3)24-19-17-15-13-11-10-12-14-16-18-23-25(4,5)6/h7-24H2,1-6H3/q+2. The molecule has 0 aromatic heterocycles. The molecule has 0 bridgehead atoms. The maximum atomic E-state index is 2.36. The van der Waals surface area contributed by atoms with Gasteiger partial charge in [-0.2, -0.15) is 0 Å².